The molecule has 8 heteroatoms. The summed E-state index contributed by atoms with van der Waals surface area (Å²) >= 11 is 0. The second-order valence-corrected chi connectivity index (χ2v) is 9.32. The lowest BCUT2D eigenvalue weighted by atomic mass is 10.2. The number of amides is 1. The lowest BCUT2D eigenvalue weighted by Crippen LogP contribution is -2.39. The monoisotopic (exact) mass is 417 g/mol. The largest absolute Gasteiger partial charge is 0.314 e. The predicted molar refractivity (Wildman–Crippen MR) is 113 cm³/mol. The number of carbonyl (C=O) groups excluding carboxylic acids is 1. The van der Waals surface area contributed by atoms with Gasteiger partial charge in [-0.25, -0.2) is 8.42 Å². The van der Waals surface area contributed by atoms with Crippen molar-refractivity contribution in [1.82, 2.24) is 8.87 Å². The molecule has 0 bridgehead atoms. The summed E-state index contributed by atoms with van der Waals surface area (Å²) in [6, 6.07) is 10.3. The van der Waals surface area contributed by atoms with Gasteiger partial charge < -0.3 is 9.47 Å². The Morgan fingerprint density at radius 1 is 1.07 bits per heavy atom. The van der Waals surface area contributed by atoms with E-state index >= 15 is 0 Å². The van der Waals surface area contributed by atoms with Crippen molar-refractivity contribution < 1.29 is 13.2 Å². The normalized spacial score (nSPS) is 15.7. The van der Waals surface area contributed by atoms with Crippen LogP contribution in [-0.2, 0) is 21.4 Å². The molecule has 0 unspecified atom stereocenters. The predicted octanol–water partition coefficient (Wildman–Crippen LogP) is 2.38. The van der Waals surface area contributed by atoms with Crippen molar-refractivity contribution in [3.05, 3.63) is 58.5 Å². The molecule has 29 heavy (non-hydrogen) atoms. The topological polar surface area (TPSA) is 79.7 Å². The minimum absolute atomic E-state index is 0.230. The molecule has 1 saturated heterocycles. The summed E-state index contributed by atoms with van der Waals surface area (Å²) in [6.45, 7) is 2.55. The van der Waals surface area contributed by atoms with Gasteiger partial charge >= 0.3 is 0 Å². The second kappa shape index (κ2) is 8.92. The fourth-order valence-corrected chi connectivity index (χ4v) is 5.09. The molecule has 0 atom stereocenters. The minimum Gasteiger partial charge on any atom is -0.314 e. The van der Waals surface area contributed by atoms with E-state index in [4.69, 9.17) is 0 Å². The summed E-state index contributed by atoms with van der Waals surface area (Å²) < 4.78 is 28.6. The number of carbonyl (C=O) groups is 1. The van der Waals surface area contributed by atoms with Crippen LogP contribution in [0.5, 0.6) is 0 Å². The Bertz CT molecular complexity index is 1040. The Morgan fingerprint density at radius 2 is 1.76 bits per heavy atom. The molecule has 0 saturated carbocycles. The van der Waals surface area contributed by atoms with Gasteiger partial charge in [0.1, 0.15) is 11.4 Å². The summed E-state index contributed by atoms with van der Waals surface area (Å²) in [5.41, 5.74) is 1.07. The van der Waals surface area contributed by atoms with Gasteiger partial charge in [0.05, 0.1) is 0 Å². The molecule has 0 aliphatic carbocycles. The van der Waals surface area contributed by atoms with Crippen LogP contribution >= 0.6 is 0 Å². The lowest BCUT2D eigenvalue weighted by molar-refractivity contribution is -0.118. The van der Waals surface area contributed by atoms with Gasteiger partial charge in [-0.15, -0.1) is 0 Å². The number of hydrogen-bond donors (Lipinski definition) is 0. The molecule has 1 aromatic heterocycles. The molecular weight excluding hydrogens is 390 g/mol. The number of aryl methyl sites for hydroxylation is 1. The van der Waals surface area contributed by atoms with Gasteiger partial charge in [-0.1, -0.05) is 25.0 Å². The van der Waals surface area contributed by atoms with Gasteiger partial charge in [0.2, 0.25) is 15.9 Å². The third-order valence-corrected chi connectivity index (χ3v) is 7.15. The zero-order chi connectivity index (χ0) is 21.0. The maximum Gasteiger partial charge on any atom is 0.271 e. The maximum absolute atomic E-state index is 13.0. The third kappa shape index (κ3) is 4.76. The van der Waals surface area contributed by atoms with Crippen molar-refractivity contribution in [2.24, 2.45) is 0 Å². The van der Waals surface area contributed by atoms with E-state index in [-0.39, 0.29) is 17.3 Å². The molecule has 1 amide bonds. The Hall–Kier alpha value is -2.45. The van der Waals surface area contributed by atoms with E-state index in [9.17, 15) is 18.0 Å². The molecule has 0 radical (unpaired) electrons. The molecule has 0 spiro atoms. The van der Waals surface area contributed by atoms with Crippen LogP contribution in [0.1, 0.15) is 31.2 Å². The van der Waals surface area contributed by atoms with Crippen molar-refractivity contribution in [1.29, 1.82) is 0 Å². The van der Waals surface area contributed by atoms with Gasteiger partial charge in [-0.3, -0.25) is 9.59 Å². The van der Waals surface area contributed by atoms with E-state index in [0.29, 0.717) is 13.1 Å². The molecule has 1 aliphatic rings. The molecule has 0 N–H and O–H groups in total. The highest BCUT2D eigenvalue weighted by molar-refractivity contribution is 7.89. The van der Waals surface area contributed by atoms with Crippen LogP contribution in [0.4, 0.5) is 5.69 Å². The lowest BCUT2D eigenvalue weighted by Gasteiger charge is -2.21. The number of pyridine rings is 1. The maximum atomic E-state index is 13.0. The number of nitrogens with zero attached hydrogens (tertiary/aromatic N) is 3. The Morgan fingerprint density at radius 3 is 2.41 bits per heavy atom. The van der Waals surface area contributed by atoms with Crippen molar-refractivity contribution in [3.8, 4) is 0 Å². The van der Waals surface area contributed by atoms with E-state index in [1.807, 2.05) is 31.2 Å². The first-order chi connectivity index (χ1) is 13.8. The standard InChI is InChI=1S/C21H27N3O4S/c1-17-9-7-10-18(15-17)22(2)20(25)16-23-12-8-11-19(21(23)26)29(27,28)24-13-5-3-4-6-14-24/h7-12,15H,3-6,13-14,16H2,1-2H3. The van der Waals surface area contributed by atoms with Crippen LogP contribution in [0.3, 0.4) is 0 Å². The number of aromatic nitrogens is 1. The zero-order valence-electron chi connectivity index (χ0n) is 16.9. The number of likely N-dealkylation sites (N-methyl/N-ethyl adjacent to an activating group) is 1. The summed E-state index contributed by atoms with van der Waals surface area (Å²) in [7, 11) is -2.24. The molecule has 7 nitrogen and oxygen atoms in total. The van der Waals surface area contributed by atoms with Crippen LogP contribution in [0.25, 0.3) is 0 Å². The highest BCUT2D eigenvalue weighted by Gasteiger charge is 2.28. The fraction of sp³-hybridized carbons (Fsp3) is 0.429. The van der Waals surface area contributed by atoms with Crippen LogP contribution < -0.4 is 10.5 Å². The van der Waals surface area contributed by atoms with Crippen LogP contribution in [-0.4, -0.2) is 43.3 Å². The van der Waals surface area contributed by atoms with E-state index in [1.54, 1.807) is 7.05 Å². The molecule has 1 aromatic carbocycles. The molecule has 3 rings (SSSR count). The smallest absolute Gasteiger partial charge is 0.271 e. The Balaban J connectivity index is 1.85. The van der Waals surface area contributed by atoms with Crippen LogP contribution in [0.15, 0.2) is 52.3 Å². The quantitative estimate of drug-likeness (QED) is 0.748. The number of rotatable bonds is 5. The number of sulfonamides is 1. The van der Waals surface area contributed by atoms with E-state index in [2.05, 4.69) is 0 Å². The molecule has 2 aromatic rings. The fourth-order valence-electron chi connectivity index (χ4n) is 3.49. The highest BCUT2D eigenvalue weighted by Crippen LogP contribution is 2.18. The van der Waals surface area contributed by atoms with E-state index in [0.717, 1.165) is 36.9 Å². The van der Waals surface area contributed by atoms with Gasteiger partial charge in [-0.2, -0.15) is 4.31 Å². The minimum atomic E-state index is -3.88. The Kier molecular flexibility index (Phi) is 6.54. The molecular formula is C21H27N3O4S. The molecule has 156 valence electrons. The average Bonchev–Trinajstić information content (AvgIpc) is 2.99. The first kappa shape index (κ1) is 21.3. The van der Waals surface area contributed by atoms with Crippen LogP contribution in [0.2, 0.25) is 0 Å². The summed E-state index contributed by atoms with van der Waals surface area (Å²) in [6.07, 6.45) is 5.02. The molecule has 1 aliphatic heterocycles. The third-order valence-electron chi connectivity index (χ3n) is 5.24. The van der Waals surface area contributed by atoms with Crippen molar-refractivity contribution in [2.75, 3.05) is 25.0 Å². The van der Waals surface area contributed by atoms with Crippen molar-refractivity contribution in [2.45, 2.75) is 44.0 Å². The Labute approximate surface area is 171 Å². The van der Waals surface area contributed by atoms with Crippen molar-refractivity contribution in [3.63, 3.8) is 0 Å². The molecule has 2 heterocycles. The first-order valence-electron chi connectivity index (χ1n) is 9.83. The number of hydrogen-bond acceptors (Lipinski definition) is 4. The SMILES string of the molecule is Cc1cccc(N(C)C(=O)Cn2cccc(S(=O)(=O)N3CCCCCC3)c2=O)c1. The van der Waals surface area contributed by atoms with Crippen LogP contribution in [0, 0.1) is 6.92 Å². The van der Waals surface area contributed by atoms with Gasteiger partial charge in [0.25, 0.3) is 5.56 Å². The zero-order valence-corrected chi connectivity index (χ0v) is 17.7. The summed E-state index contributed by atoms with van der Waals surface area (Å²) in [5, 5.41) is 0. The highest BCUT2D eigenvalue weighted by atomic mass is 32.2. The van der Waals surface area contributed by atoms with Gasteiger partial charge in [-0.05, 0) is 49.6 Å². The number of benzene rings is 1. The van der Waals surface area contributed by atoms with E-state index in [1.165, 1.54) is 32.1 Å². The second-order valence-electron chi connectivity index (χ2n) is 7.42. The van der Waals surface area contributed by atoms with Crippen molar-refractivity contribution >= 4 is 21.6 Å². The van der Waals surface area contributed by atoms with Gasteiger partial charge in [0, 0.05) is 32.0 Å². The van der Waals surface area contributed by atoms with Gasteiger partial charge in [0.15, 0.2) is 0 Å². The van der Waals surface area contributed by atoms with E-state index < -0.39 is 15.6 Å². The molecule has 1 fully saturated rings. The first-order valence-corrected chi connectivity index (χ1v) is 11.3. The summed E-state index contributed by atoms with van der Waals surface area (Å²) in [5.74, 6) is -0.304. The summed E-state index contributed by atoms with van der Waals surface area (Å²) in [4.78, 5) is 26.8. The number of anilines is 1. The average molecular weight is 418 g/mol.